The summed E-state index contributed by atoms with van der Waals surface area (Å²) in [6.07, 6.45) is 3.93. The summed E-state index contributed by atoms with van der Waals surface area (Å²) >= 11 is 1.10. The number of anilines is 2. The fourth-order valence-electron chi connectivity index (χ4n) is 2.60. The maximum Gasteiger partial charge on any atom is 0.250 e. The van der Waals surface area contributed by atoms with Crippen molar-refractivity contribution in [2.45, 2.75) is 30.0 Å². The van der Waals surface area contributed by atoms with Crippen molar-refractivity contribution >= 4 is 38.8 Å². The van der Waals surface area contributed by atoms with Crippen LogP contribution in [-0.4, -0.2) is 38.4 Å². The van der Waals surface area contributed by atoms with Crippen LogP contribution in [0.4, 0.5) is 11.5 Å². The van der Waals surface area contributed by atoms with E-state index in [0.29, 0.717) is 5.69 Å². The molecule has 0 aliphatic carbocycles. The summed E-state index contributed by atoms with van der Waals surface area (Å²) in [6.45, 7) is 3.51. The Balaban J connectivity index is 1.59. The third-order valence-corrected chi connectivity index (χ3v) is 6.87. The largest absolute Gasteiger partial charge is 0.357 e. The molecule has 1 aliphatic rings. The van der Waals surface area contributed by atoms with Gasteiger partial charge in [-0.25, -0.2) is 13.4 Å². The van der Waals surface area contributed by atoms with Crippen molar-refractivity contribution < 1.29 is 13.2 Å². The van der Waals surface area contributed by atoms with Crippen LogP contribution in [0, 0.1) is 0 Å². The minimum Gasteiger partial charge on any atom is -0.357 e. The van der Waals surface area contributed by atoms with Gasteiger partial charge in [-0.1, -0.05) is 6.07 Å². The van der Waals surface area contributed by atoms with Crippen LogP contribution in [-0.2, 0) is 14.8 Å². The number of aromatic nitrogens is 1. The van der Waals surface area contributed by atoms with E-state index in [-0.39, 0.29) is 4.21 Å². The molecule has 0 radical (unpaired) electrons. The normalized spacial score (nSPS) is 16.0. The average Bonchev–Trinajstić information content (AvgIpc) is 3.29. The van der Waals surface area contributed by atoms with Crippen LogP contribution in [0.3, 0.4) is 0 Å². The van der Waals surface area contributed by atoms with E-state index < -0.39 is 22.0 Å². The fraction of sp³-hybridized carbons (Fsp3) is 0.375. The van der Waals surface area contributed by atoms with Gasteiger partial charge < -0.3 is 10.2 Å². The van der Waals surface area contributed by atoms with Gasteiger partial charge in [0.05, 0.1) is 17.9 Å². The standard InChI is InChI=1S/C16H20N4O3S2/c1-12(19-25(22,23)15-5-4-10-24-15)16(21)18-13-6-7-14(17-11-13)20-8-2-3-9-20/h4-7,10-12,19H,2-3,8-9H2,1H3,(H,18,21). The summed E-state index contributed by atoms with van der Waals surface area (Å²) < 4.78 is 26.9. The molecule has 2 N–H and O–H groups in total. The van der Waals surface area contributed by atoms with Crippen LogP contribution in [0.15, 0.2) is 40.1 Å². The number of rotatable bonds is 6. The summed E-state index contributed by atoms with van der Waals surface area (Å²) in [4.78, 5) is 18.8. The van der Waals surface area contributed by atoms with Crippen molar-refractivity contribution in [3.05, 3.63) is 35.8 Å². The zero-order valence-electron chi connectivity index (χ0n) is 13.8. The molecule has 0 spiro atoms. The van der Waals surface area contributed by atoms with Gasteiger partial charge in [0.15, 0.2) is 0 Å². The first-order chi connectivity index (χ1) is 12.0. The summed E-state index contributed by atoms with van der Waals surface area (Å²) in [5.41, 5.74) is 0.537. The van der Waals surface area contributed by atoms with Crippen molar-refractivity contribution in [2.24, 2.45) is 0 Å². The predicted molar refractivity (Wildman–Crippen MR) is 98.4 cm³/mol. The molecule has 1 atom stereocenters. The van der Waals surface area contributed by atoms with Crippen LogP contribution in [0.2, 0.25) is 0 Å². The summed E-state index contributed by atoms with van der Waals surface area (Å²) in [7, 11) is -3.69. The quantitative estimate of drug-likeness (QED) is 0.800. The Labute approximate surface area is 151 Å². The van der Waals surface area contributed by atoms with Crippen LogP contribution < -0.4 is 14.9 Å². The van der Waals surface area contributed by atoms with Gasteiger partial charge in [0, 0.05) is 13.1 Å². The molecule has 2 aromatic rings. The Kier molecular flexibility index (Phi) is 5.36. The number of nitrogens with zero attached hydrogens (tertiary/aromatic N) is 2. The SMILES string of the molecule is CC(NS(=O)(=O)c1cccs1)C(=O)Nc1ccc(N2CCCC2)nc1. The molecule has 2 aromatic heterocycles. The average molecular weight is 380 g/mol. The lowest BCUT2D eigenvalue weighted by atomic mass is 10.3. The Morgan fingerprint density at radius 1 is 1.28 bits per heavy atom. The fourth-order valence-corrected chi connectivity index (χ4v) is 4.82. The van der Waals surface area contributed by atoms with Crippen molar-refractivity contribution in [3.63, 3.8) is 0 Å². The second-order valence-electron chi connectivity index (χ2n) is 5.86. The minimum absolute atomic E-state index is 0.184. The number of amides is 1. The van der Waals surface area contributed by atoms with Gasteiger partial charge >= 0.3 is 0 Å². The summed E-state index contributed by atoms with van der Waals surface area (Å²) in [5.74, 6) is 0.456. The van der Waals surface area contributed by atoms with Gasteiger partial charge in [0.1, 0.15) is 10.0 Å². The van der Waals surface area contributed by atoms with Crippen LogP contribution in [0.5, 0.6) is 0 Å². The van der Waals surface area contributed by atoms with E-state index in [1.807, 2.05) is 6.07 Å². The first-order valence-corrected chi connectivity index (χ1v) is 10.4. The van der Waals surface area contributed by atoms with Crippen molar-refractivity contribution in [1.29, 1.82) is 0 Å². The summed E-state index contributed by atoms with van der Waals surface area (Å²) in [6, 6.07) is 5.89. The lowest BCUT2D eigenvalue weighted by molar-refractivity contribution is -0.117. The molecule has 3 heterocycles. The Bertz CT molecular complexity index is 814. The molecule has 0 aromatic carbocycles. The molecule has 134 valence electrons. The molecule has 1 aliphatic heterocycles. The second kappa shape index (κ2) is 7.51. The minimum atomic E-state index is -3.69. The van der Waals surface area contributed by atoms with Gasteiger partial charge in [0.25, 0.3) is 10.0 Å². The highest BCUT2D eigenvalue weighted by Crippen LogP contribution is 2.19. The highest BCUT2D eigenvalue weighted by Gasteiger charge is 2.23. The molecule has 1 unspecified atom stereocenters. The maximum absolute atomic E-state index is 12.2. The number of thiophene rings is 1. The maximum atomic E-state index is 12.2. The Morgan fingerprint density at radius 3 is 2.64 bits per heavy atom. The van der Waals surface area contributed by atoms with Crippen molar-refractivity contribution in [2.75, 3.05) is 23.3 Å². The molecule has 7 nitrogen and oxygen atoms in total. The smallest absolute Gasteiger partial charge is 0.250 e. The van der Waals surface area contributed by atoms with Crippen LogP contribution >= 0.6 is 11.3 Å². The Hall–Kier alpha value is -1.97. The third kappa shape index (κ3) is 4.36. The molecule has 9 heteroatoms. The number of sulfonamides is 1. The molecule has 1 saturated heterocycles. The lowest BCUT2D eigenvalue weighted by Crippen LogP contribution is -2.41. The van der Waals surface area contributed by atoms with Crippen molar-refractivity contribution in [3.8, 4) is 0 Å². The van der Waals surface area contributed by atoms with E-state index in [4.69, 9.17) is 0 Å². The molecular weight excluding hydrogens is 360 g/mol. The van der Waals surface area contributed by atoms with Crippen molar-refractivity contribution in [1.82, 2.24) is 9.71 Å². The molecule has 3 rings (SSSR count). The number of hydrogen-bond acceptors (Lipinski definition) is 6. The van der Waals surface area contributed by atoms with Crippen LogP contribution in [0.1, 0.15) is 19.8 Å². The van der Waals surface area contributed by atoms with E-state index in [1.165, 1.54) is 25.8 Å². The first-order valence-electron chi connectivity index (χ1n) is 8.03. The van der Waals surface area contributed by atoms with Crippen LogP contribution in [0.25, 0.3) is 0 Å². The Morgan fingerprint density at radius 2 is 2.04 bits per heavy atom. The monoisotopic (exact) mass is 380 g/mol. The molecule has 0 saturated carbocycles. The summed E-state index contributed by atoms with van der Waals surface area (Å²) in [5, 5.41) is 4.36. The lowest BCUT2D eigenvalue weighted by Gasteiger charge is -2.17. The molecule has 0 bridgehead atoms. The molecule has 1 amide bonds. The topological polar surface area (TPSA) is 91.4 Å². The van der Waals surface area contributed by atoms with Gasteiger partial charge in [-0.15, -0.1) is 11.3 Å². The second-order valence-corrected chi connectivity index (χ2v) is 8.75. The van der Waals surface area contributed by atoms with E-state index in [0.717, 1.165) is 30.2 Å². The third-order valence-electron chi connectivity index (χ3n) is 3.93. The van der Waals surface area contributed by atoms with Gasteiger partial charge in [-0.3, -0.25) is 4.79 Å². The highest BCUT2D eigenvalue weighted by molar-refractivity contribution is 7.91. The zero-order valence-corrected chi connectivity index (χ0v) is 15.4. The van der Waals surface area contributed by atoms with Gasteiger partial charge in [-0.05, 0) is 43.3 Å². The van der Waals surface area contributed by atoms with E-state index >= 15 is 0 Å². The van der Waals surface area contributed by atoms with E-state index in [1.54, 1.807) is 23.7 Å². The van der Waals surface area contributed by atoms with Gasteiger partial charge in [-0.2, -0.15) is 4.72 Å². The first kappa shape index (κ1) is 17.8. The number of hydrogen-bond donors (Lipinski definition) is 2. The molecule has 25 heavy (non-hydrogen) atoms. The molecule has 1 fully saturated rings. The number of carbonyl (C=O) groups excluding carboxylic acids is 1. The molecular formula is C16H20N4O3S2. The van der Waals surface area contributed by atoms with Gasteiger partial charge in [0.2, 0.25) is 5.91 Å². The highest BCUT2D eigenvalue weighted by atomic mass is 32.2. The van der Waals surface area contributed by atoms with E-state index in [2.05, 4.69) is 19.9 Å². The number of nitrogens with one attached hydrogen (secondary N) is 2. The predicted octanol–water partition coefficient (Wildman–Crippen LogP) is 2.05. The van der Waals surface area contributed by atoms with E-state index in [9.17, 15) is 13.2 Å². The number of pyridine rings is 1. The number of carbonyl (C=O) groups is 1. The zero-order chi connectivity index (χ0) is 17.9.